The Balaban J connectivity index is 1.97. The molecule has 0 aromatic heterocycles. The van der Waals surface area contributed by atoms with Crippen LogP contribution < -0.4 is 5.48 Å². The van der Waals surface area contributed by atoms with E-state index in [1.807, 2.05) is 0 Å². The second-order valence-corrected chi connectivity index (χ2v) is 11.0. The van der Waals surface area contributed by atoms with Crippen LogP contribution in [0.25, 0.3) is 0 Å². The van der Waals surface area contributed by atoms with Crippen LogP contribution in [0.4, 0.5) is 0 Å². The van der Waals surface area contributed by atoms with Gasteiger partial charge in [0.25, 0.3) is 5.91 Å². The number of carbonyl (C=O) groups excluding carboxylic acids is 1. The summed E-state index contributed by atoms with van der Waals surface area (Å²) in [5.74, 6) is -0.552. The molecule has 10 heteroatoms. The quantitative estimate of drug-likeness (QED) is 0.374. The minimum atomic E-state index is -4.14. The van der Waals surface area contributed by atoms with E-state index in [0.717, 1.165) is 5.56 Å². The lowest BCUT2D eigenvalue weighted by Gasteiger charge is -2.41. The van der Waals surface area contributed by atoms with E-state index in [-0.39, 0.29) is 16.9 Å². The first-order valence-electron chi connectivity index (χ1n) is 10.6. The molecule has 0 saturated heterocycles. The summed E-state index contributed by atoms with van der Waals surface area (Å²) in [4.78, 5) is 17.9. The highest BCUT2D eigenvalue weighted by atomic mass is 35.5. The first-order chi connectivity index (χ1) is 16.7. The highest BCUT2D eigenvalue weighted by molar-refractivity contribution is 7.89. The molecule has 2 atom stereocenters. The molecule has 0 fully saturated rings. The zero-order chi connectivity index (χ0) is 25.2. The monoisotopic (exact) mass is 550 g/mol. The molecule has 0 aliphatic carbocycles. The number of carbonyl (C=O) groups is 1. The summed E-state index contributed by atoms with van der Waals surface area (Å²) in [5, 5.41) is 1.34. The molecule has 3 aromatic rings. The predicted molar refractivity (Wildman–Crippen MR) is 137 cm³/mol. The fraction of sp³-hybridized carbons (Fsp3) is 0.160. The second kappa shape index (κ2) is 10.7. The van der Waals surface area contributed by atoms with Gasteiger partial charge in [0, 0.05) is 20.6 Å². The van der Waals surface area contributed by atoms with E-state index in [2.05, 4.69) is 5.48 Å². The summed E-state index contributed by atoms with van der Waals surface area (Å²) in [6.07, 6.45) is 1.98. The molecule has 0 saturated carbocycles. The van der Waals surface area contributed by atoms with Gasteiger partial charge in [0.05, 0.1) is 24.1 Å². The molecule has 1 N–H and O–H groups in total. The smallest absolute Gasteiger partial charge is 0.272 e. The molecule has 1 aliphatic rings. The fourth-order valence-electron chi connectivity index (χ4n) is 4.15. The zero-order valence-corrected chi connectivity index (χ0v) is 21.6. The van der Waals surface area contributed by atoms with E-state index in [0.29, 0.717) is 20.6 Å². The van der Waals surface area contributed by atoms with Gasteiger partial charge in [-0.25, -0.2) is 13.9 Å². The Morgan fingerprint density at radius 3 is 2.14 bits per heavy atom. The van der Waals surface area contributed by atoms with E-state index in [4.69, 9.17) is 39.6 Å². The lowest BCUT2D eigenvalue weighted by molar-refractivity contribution is -0.128. The van der Waals surface area contributed by atoms with Gasteiger partial charge >= 0.3 is 0 Å². The van der Waals surface area contributed by atoms with Gasteiger partial charge < -0.3 is 0 Å². The van der Waals surface area contributed by atoms with Crippen molar-refractivity contribution >= 4 is 50.7 Å². The van der Waals surface area contributed by atoms with E-state index < -0.39 is 28.0 Å². The average molecular weight is 552 g/mol. The van der Waals surface area contributed by atoms with E-state index in [1.165, 1.54) is 35.7 Å². The van der Waals surface area contributed by atoms with E-state index in [9.17, 15) is 13.2 Å². The van der Waals surface area contributed by atoms with Crippen LogP contribution >= 0.6 is 34.8 Å². The van der Waals surface area contributed by atoms with Gasteiger partial charge in [-0.05, 0) is 66.1 Å². The Labute approximate surface area is 219 Å². The molecule has 0 spiro atoms. The number of hydrogen-bond donors (Lipinski definition) is 1. The van der Waals surface area contributed by atoms with Gasteiger partial charge in [-0.15, -0.1) is 0 Å². The lowest BCUT2D eigenvalue weighted by atomic mass is 9.89. The van der Waals surface area contributed by atoms with Crippen LogP contribution in [0.1, 0.15) is 29.6 Å². The zero-order valence-electron chi connectivity index (χ0n) is 18.5. The van der Waals surface area contributed by atoms with Crippen molar-refractivity contribution in [3.8, 4) is 0 Å². The molecule has 0 bridgehead atoms. The second-order valence-electron chi connectivity index (χ2n) is 7.84. The van der Waals surface area contributed by atoms with Gasteiger partial charge in [0.15, 0.2) is 0 Å². The van der Waals surface area contributed by atoms with Crippen LogP contribution in [-0.4, -0.2) is 25.7 Å². The Hall–Kier alpha value is -2.39. The van der Waals surface area contributed by atoms with Crippen molar-refractivity contribution < 1.29 is 18.0 Å². The highest BCUT2D eigenvalue weighted by Crippen LogP contribution is 2.46. The predicted octanol–water partition coefficient (Wildman–Crippen LogP) is 6.13. The van der Waals surface area contributed by atoms with Crippen molar-refractivity contribution in [3.63, 3.8) is 0 Å². The maximum Gasteiger partial charge on any atom is 0.272 e. The molecule has 3 aromatic carbocycles. The van der Waals surface area contributed by atoms with Crippen LogP contribution in [0, 0.1) is 0 Å². The molecule has 1 aliphatic heterocycles. The Morgan fingerprint density at radius 1 is 0.914 bits per heavy atom. The topological polar surface area (TPSA) is 75.7 Å². The van der Waals surface area contributed by atoms with Crippen LogP contribution in [0.2, 0.25) is 15.1 Å². The third-order valence-electron chi connectivity index (χ3n) is 5.68. The summed E-state index contributed by atoms with van der Waals surface area (Å²) in [7, 11) is -2.83. The van der Waals surface area contributed by atoms with Crippen molar-refractivity contribution in [2.24, 2.45) is 0 Å². The van der Waals surface area contributed by atoms with E-state index in [1.54, 1.807) is 54.6 Å². The third-order valence-corrected chi connectivity index (χ3v) is 8.31. The number of sulfonamides is 1. The Morgan fingerprint density at radius 2 is 1.54 bits per heavy atom. The number of amides is 1. The van der Waals surface area contributed by atoms with Crippen molar-refractivity contribution in [2.75, 3.05) is 7.11 Å². The molecule has 6 nitrogen and oxygen atoms in total. The number of rotatable bonds is 6. The Bertz CT molecular complexity index is 1360. The van der Waals surface area contributed by atoms with Crippen LogP contribution in [0.15, 0.2) is 89.3 Å². The summed E-state index contributed by atoms with van der Waals surface area (Å²) in [5.41, 5.74) is 3.79. The third kappa shape index (κ3) is 5.40. The summed E-state index contributed by atoms with van der Waals surface area (Å²) >= 11 is 18.4. The fourth-order valence-corrected chi connectivity index (χ4v) is 6.38. The molecular formula is C25H21Cl3N2O4S. The largest absolute Gasteiger partial charge is 0.277 e. The van der Waals surface area contributed by atoms with Crippen LogP contribution in [-0.2, 0) is 19.7 Å². The number of hydroxylamine groups is 1. The van der Waals surface area contributed by atoms with Crippen molar-refractivity contribution in [1.29, 1.82) is 0 Å². The van der Waals surface area contributed by atoms with Gasteiger partial charge in [-0.3, -0.25) is 9.63 Å². The summed E-state index contributed by atoms with van der Waals surface area (Å²) in [6, 6.07) is 18.0. The summed E-state index contributed by atoms with van der Waals surface area (Å²) < 4.78 is 29.7. The number of benzene rings is 3. The molecule has 4 rings (SSSR count). The standard InChI is InChI=1S/C25H21Cl3N2O4S/c1-34-29-25(31)22-13-14-23(16-5-7-18(26)8-6-16)30(24(22)17-3-2-4-20(28)15-17)35(32,33)21-11-9-19(27)10-12-21/h2-13,15,23-24H,14H2,1H3,(H,29,31)/t23-,24-/m0/s1. The Kier molecular flexibility index (Phi) is 7.86. The van der Waals surface area contributed by atoms with Gasteiger partial charge in [0.2, 0.25) is 10.0 Å². The molecule has 1 amide bonds. The average Bonchev–Trinajstić information content (AvgIpc) is 2.84. The first-order valence-corrected chi connectivity index (χ1v) is 13.1. The van der Waals surface area contributed by atoms with Crippen LogP contribution in [0.5, 0.6) is 0 Å². The molecule has 0 unspecified atom stereocenters. The number of hydrogen-bond acceptors (Lipinski definition) is 4. The van der Waals surface area contributed by atoms with Gasteiger partial charge in [0.1, 0.15) is 0 Å². The van der Waals surface area contributed by atoms with Crippen molar-refractivity contribution in [3.05, 3.63) is 111 Å². The molecule has 182 valence electrons. The minimum absolute atomic E-state index is 0.0429. The van der Waals surface area contributed by atoms with Crippen molar-refractivity contribution in [1.82, 2.24) is 9.79 Å². The van der Waals surface area contributed by atoms with Crippen molar-refractivity contribution in [2.45, 2.75) is 23.4 Å². The van der Waals surface area contributed by atoms with Gasteiger partial charge in [-0.1, -0.05) is 65.1 Å². The molecule has 0 radical (unpaired) electrons. The number of halogens is 3. The normalized spacial score (nSPS) is 18.7. The molecule has 35 heavy (non-hydrogen) atoms. The maximum atomic E-state index is 14.2. The SMILES string of the molecule is CONC(=O)C1=CC[C@@H](c2ccc(Cl)cc2)N(S(=O)(=O)c2ccc(Cl)cc2)[C@H]1c1cccc(Cl)c1. The van der Waals surface area contributed by atoms with E-state index >= 15 is 0 Å². The molecular weight excluding hydrogens is 531 g/mol. The first kappa shape index (κ1) is 25.7. The maximum absolute atomic E-state index is 14.2. The number of nitrogens with one attached hydrogen (secondary N) is 1. The minimum Gasteiger partial charge on any atom is -0.277 e. The van der Waals surface area contributed by atoms with Gasteiger partial charge in [-0.2, -0.15) is 4.31 Å². The highest BCUT2D eigenvalue weighted by Gasteiger charge is 2.44. The molecule has 1 heterocycles. The lowest BCUT2D eigenvalue weighted by Crippen LogP contribution is -2.44. The number of nitrogens with zero attached hydrogens (tertiary/aromatic N) is 1. The van der Waals surface area contributed by atoms with Crippen LogP contribution in [0.3, 0.4) is 0 Å². The summed E-state index contributed by atoms with van der Waals surface area (Å²) in [6.45, 7) is 0.